The fourth-order valence-electron chi connectivity index (χ4n) is 4.14. The lowest BCUT2D eigenvalue weighted by Gasteiger charge is -2.35. The van der Waals surface area contributed by atoms with Crippen LogP contribution >= 0.6 is 15.9 Å². The normalized spacial score (nSPS) is 39.6. The van der Waals surface area contributed by atoms with Gasteiger partial charge in [-0.1, -0.05) is 36.7 Å². The van der Waals surface area contributed by atoms with E-state index in [0.29, 0.717) is 42.7 Å². The molecule has 0 aromatic rings. The topological polar surface area (TPSA) is 46.3 Å². The number of carbonyl (C=O) groups is 1. The molecule has 1 amide bonds. The van der Waals surface area contributed by atoms with Crippen LogP contribution in [-0.2, 0) is 4.79 Å². The fourth-order valence-corrected chi connectivity index (χ4v) is 4.58. The van der Waals surface area contributed by atoms with E-state index in [-0.39, 0.29) is 5.41 Å². The Morgan fingerprint density at radius 3 is 2.67 bits per heavy atom. The van der Waals surface area contributed by atoms with Gasteiger partial charge in [-0.3, -0.25) is 4.79 Å². The van der Waals surface area contributed by atoms with Crippen molar-refractivity contribution in [2.45, 2.75) is 39.7 Å². The molecule has 0 aromatic heterocycles. The van der Waals surface area contributed by atoms with Gasteiger partial charge in [0, 0.05) is 24.3 Å². The molecule has 0 bridgehead atoms. The van der Waals surface area contributed by atoms with Gasteiger partial charge in [0.1, 0.15) is 0 Å². The molecule has 1 aliphatic heterocycles. The number of likely N-dealkylation sites (tertiary alicyclic amines) is 1. The minimum Gasteiger partial charge on any atom is -0.339 e. The Morgan fingerprint density at radius 1 is 1.50 bits per heavy atom. The van der Waals surface area contributed by atoms with Crippen molar-refractivity contribution in [1.82, 2.24) is 4.90 Å². The first-order chi connectivity index (χ1) is 8.40. The van der Waals surface area contributed by atoms with Crippen molar-refractivity contribution in [3.63, 3.8) is 0 Å². The summed E-state index contributed by atoms with van der Waals surface area (Å²) in [7, 11) is 0. The van der Waals surface area contributed by atoms with Crippen LogP contribution < -0.4 is 5.73 Å². The maximum absolute atomic E-state index is 12.2. The molecule has 2 fully saturated rings. The lowest BCUT2D eigenvalue weighted by atomic mass is 9.80. The van der Waals surface area contributed by atoms with E-state index >= 15 is 0 Å². The third-order valence-corrected chi connectivity index (χ3v) is 5.83. The first kappa shape index (κ1) is 14.3. The number of rotatable bonds is 3. The summed E-state index contributed by atoms with van der Waals surface area (Å²) in [6.07, 6.45) is 1.87. The molecular weight excluding hydrogens is 292 g/mol. The van der Waals surface area contributed by atoms with Crippen LogP contribution in [0.15, 0.2) is 0 Å². The summed E-state index contributed by atoms with van der Waals surface area (Å²) >= 11 is 3.51. The van der Waals surface area contributed by atoms with Crippen molar-refractivity contribution >= 4 is 21.8 Å². The van der Waals surface area contributed by atoms with Crippen molar-refractivity contribution in [3.8, 4) is 0 Å². The molecule has 4 unspecified atom stereocenters. The van der Waals surface area contributed by atoms with Crippen LogP contribution in [0.4, 0.5) is 0 Å². The smallest absolute Gasteiger partial charge is 0.223 e. The highest BCUT2D eigenvalue weighted by Gasteiger charge is 2.50. The summed E-state index contributed by atoms with van der Waals surface area (Å²) < 4.78 is 0. The molecule has 104 valence electrons. The van der Waals surface area contributed by atoms with Crippen LogP contribution in [0, 0.1) is 23.2 Å². The minimum atomic E-state index is 0.256. The lowest BCUT2D eigenvalue weighted by molar-refractivity contribution is -0.131. The Morgan fingerprint density at radius 2 is 2.17 bits per heavy atom. The minimum absolute atomic E-state index is 0.256. The Bertz CT molecular complexity index is 332. The molecule has 4 heteroatoms. The molecule has 2 N–H and O–H groups in total. The second-order valence-electron chi connectivity index (χ2n) is 6.77. The van der Waals surface area contributed by atoms with Crippen molar-refractivity contribution in [3.05, 3.63) is 0 Å². The summed E-state index contributed by atoms with van der Waals surface area (Å²) in [5.74, 6) is 1.80. The van der Waals surface area contributed by atoms with Gasteiger partial charge in [0.15, 0.2) is 0 Å². The quantitative estimate of drug-likeness (QED) is 0.812. The zero-order chi connectivity index (χ0) is 13.5. The van der Waals surface area contributed by atoms with Gasteiger partial charge in [-0.15, -0.1) is 0 Å². The molecule has 2 rings (SSSR count). The zero-order valence-corrected chi connectivity index (χ0v) is 13.2. The number of nitrogens with two attached hydrogens (primary N) is 1. The molecule has 18 heavy (non-hydrogen) atoms. The van der Waals surface area contributed by atoms with Gasteiger partial charge in [0.2, 0.25) is 5.91 Å². The number of amides is 1. The summed E-state index contributed by atoms with van der Waals surface area (Å²) in [6.45, 7) is 8.46. The molecule has 1 saturated heterocycles. The molecule has 1 aliphatic carbocycles. The Hall–Kier alpha value is -0.0900. The van der Waals surface area contributed by atoms with E-state index in [1.165, 1.54) is 6.42 Å². The van der Waals surface area contributed by atoms with Crippen molar-refractivity contribution in [2.24, 2.45) is 28.9 Å². The number of alkyl halides is 1. The Balaban J connectivity index is 2.19. The van der Waals surface area contributed by atoms with E-state index < -0.39 is 0 Å². The van der Waals surface area contributed by atoms with Crippen LogP contribution in [0.3, 0.4) is 0 Å². The third-order valence-electron chi connectivity index (χ3n) is 4.92. The molecule has 0 aromatic carbocycles. The van der Waals surface area contributed by atoms with Gasteiger partial charge in [-0.2, -0.15) is 0 Å². The van der Waals surface area contributed by atoms with Gasteiger partial charge in [-0.05, 0) is 36.1 Å². The summed E-state index contributed by atoms with van der Waals surface area (Å²) in [5, 5.41) is 0.924. The second kappa shape index (κ2) is 5.12. The van der Waals surface area contributed by atoms with Crippen LogP contribution in [0.5, 0.6) is 0 Å². The molecule has 4 atom stereocenters. The van der Waals surface area contributed by atoms with Crippen LogP contribution in [0.2, 0.25) is 0 Å². The highest BCUT2D eigenvalue weighted by molar-refractivity contribution is 9.09. The molecule has 2 aliphatic rings. The molecule has 1 saturated carbocycles. The van der Waals surface area contributed by atoms with Gasteiger partial charge < -0.3 is 10.6 Å². The van der Waals surface area contributed by atoms with Crippen LogP contribution in [0.1, 0.15) is 33.6 Å². The van der Waals surface area contributed by atoms with Crippen LogP contribution in [-0.4, -0.2) is 35.3 Å². The van der Waals surface area contributed by atoms with Gasteiger partial charge in [0.05, 0.1) is 0 Å². The lowest BCUT2D eigenvalue weighted by Crippen LogP contribution is -2.46. The summed E-state index contributed by atoms with van der Waals surface area (Å²) in [6, 6.07) is 0.349. The maximum atomic E-state index is 12.2. The van der Waals surface area contributed by atoms with E-state index in [2.05, 4.69) is 41.6 Å². The number of hydrogen-bond donors (Lipinski definition) is 1. The molecule has 1 heterocycles. The Kier molecular flexibility index (Phi) is 4.07. The zero-order valence-electron chi connectivity index (χ0n) is 11.7. The van der Waals surface area contributed by atoms with Gasteiger partial charge in [0.25, 0.3) is 0 Å². The van der Waals surface area contributed by atoms with E-state index in [1.54, 1.807) is 0 Å². The monoisotopic (exact) mass is 316 g/mol. The number of hydrogen-bond acceptors (Lipinski definition) is 2. The highest BCUT2D eigenvalue weighted by atomic mass is 79.9. The summed E-state index contributed by atoms with van der Waals surface area (Å²) in [5.41, 5.74) is 6.25. The summed E-state index contributed by atoms with van der Waals surface area (Å²) in [4.78, 5) is 14.3. The largest absolute Gasteiger partial charge is 0.339 e. The van der Waals surface area contributed by atoms with E-state index in [4.69, 9.17) is 5.73 Å². The van der Waals surface area contributed by atoms with Gasteiger partial charge in [-0.25, -0.2) is 0 Å². The Labute approximate surface area is 119 Å². The van der Waals surface area contributed by atoms with Crippen molar-refractivity contribution in [2.75, 3.05) is 18.4 Å². The van der Waals surface area contributed by atoms with Crippen molar-refractivity contribution in [1.29, 1.82) is 0 Å². The third kappa shape index (κ3) is 2.34. The SMILES string of the molecule is CC1CC(C)(C)C(CN)C1N1CC(CBr)CC1=O. The molecular formula is C14H25BrN2O. The first-order valence-corrected chi connectivity index (χ1v) is 8.08. The second-order valence-corrected chi connectivity index (χ2v) is 7.42. The van der Waals surface area contributed by atoms with E-state index in [1.807, 2.05) is 0 Å². The van der Waals surface area contributed by atoms with Crippen LogP contribution in [0.25, 0.3) is 0 Å². The fraction of sp³-hybridized carbons (Fsp3) is 0.929. The molecule has 3 nitrogen and oxygen atoms in total. The molecule has 0 spiro atoms. The highest BCUT2D eigenvalue weighted by Crippen LogP contribution is 2.48. The number of carbonyl (C=O) groups excluding carboxylic acids is 1. The number of nitrogens with zero attached hydrogens (tertiary/aromatic N) is 1. The maximum Gasteiger partial charge on any atom is 0.223 e. The first-order valence-electron chi connectivity index (χ1n) is 6.96. The van der Waals surface area contributed by atoms with E-state index in [9.17, 15) is 4.79 Å². The molecule has 0 radical (unpaired) electrons. The standard InChI is InChI=1S/C14H25BrN2O/c1-9-5-14(2,3)11(7-16)13(9)17-8-10(6-15)4-12(17)18/h9-11,13H,4-8,16H2,1-3H3. The number of halogens is 1. The predicted octanol–water partition coefficient (Wildman–Crippen LogP) is 2.24. The van der Waals surface area contributed by atoms with E-state index in [0.717, 1.165) is 11.9 Å². The average molecular weight is 317 g/mol. The van der Waals surface area contributed by atoms with Crippen molar-refractivity contribution < 1.29 is 4.79 Å². The van der Waals surface area contributed by atoms with Gasteiger partial charge >= 0.3 is 0 Å². The average Bonchev–Trinajstić information content (AvgIpc) is 2.75. The predicted molar refractivity (Wildman–Crippen MR) is 77.5 cm³/mol.